The van der Waals surface area contributed by atoms with E-state index in [1.807, 2.05) is 31.2 Å². The zero-order valence-corrected chi connectivity index (χ0v) is 17.1. The van der Waals surface area contributed by atoms with Gasteiger partial charge in [0.2, 0.25) is 0 Å². The second kappa shape index (κ2) is 9.13. The molecule has 2 aromatic heterocycles. The molecule has 1 N–H and O–H groups in total. The monoisotopic (exact) mass is 406 g/mol. The lowest BCUT2D eigenvalue weighted by molar-refractivity contribution is 0.0904. The number of hydrogen-bond donors (Lipinski definition) is 1. The molecule has 0 radical (unpaired) electrons. The summed E-state index contributed by atoms with van der Waals surface area (Å²) < 4.78 is 1.52. The van der Waals surface area contributed by atoms with Crippen LogP contribution in [0.4, 0.5) is 0 Å². The third-order valence-corrected chi connectivity index (χ3v) is 5.53. The van der Waals surface area contributed by atoms with Gasteiger partial charge in [-0.15, -0.1) is 0 Å². The number of hydrogen-bond acceptors (Lipinski definition) is 6. The minimum absolute atomic E-state index is 0.0858. The highest BCUT2D eigenvalue weighted by Crippen LogP contribution is 2.16. The van der Waals surface area contributed by atoms with Crippen molar-refractivity contribution >= 4 is 16.9 Å². The van der Waals surface area contributed by atoms with Crippen LogP contribution in [0.2, 0.25) is 0 Å². The number of carbonyl (C=O) groups excluding carboxylic acids is 1. The van der Waals surface area contributed by atoms with Gasteiger partial charge in [-0.3, -0.25) is 19.5 Å². The van der Waals surface area contributed by atoms with Crippen LogP contribution in [-0.4, -0.2) is 56.2 Å². The van der Waals surface area contributed by atoms with E-state index >= 15 is 0 Å². The van der Waals surface area contributed by atoms with Crippen molar-refractivity contribution in [2.75, 3.05) is 19.6 Å². The minimum Gasteiger partial charge on any atom is -0.349 e. The van der Waals surface area contributed by atoms with Gasteiger partial charge in [-0.2, -0.15) is 5.10 Å². The van der Waals surface area contributed by atoms with E-state index in [1.165, 1.54) is 10.9 Å². The molecule has 156 valence electrons. The maximum absolute atomic E-state index is 12.6. The van der Waals surface area contributed by atoms with Crippen LogP contribution in [0.15, 0.2) is 47.4 Å². The zero-order chi connectivity index (χ0) is 20.9. The fourth-order valence-electron chi connectivity index (χ4n) is 3.89. The Morgan fingerprint density at radius 3 is 2.83 bits per heavy atom. The summed E-state index contributed by atoms with van der Waals surface area (Å²) in [5.41, 5.74) is 2.55. The summed E-state index contributed by atoms with van der Waals surface area (Å²) in [4.78, 5) is 35.7. The van der Waals surface area contributed by atoms with Gasteiger partial charge in [0.25, 0.3) is 11.5 Å². The number of carbonyl (C=O) groups is 1. The number of piperidine rings is 1. The highest BCUT2D eigenvalue weighted by Gasteiger charge is 2.23. The molecule has 4 rings (SSSR count). The van der Waals surface area contributed by atoms with Gasteiger partial charge in [-0.05, 0) is 44.5 Å². The molecular formula is C22H26N6O2. The molecule has 1 fully saturated rings. The molecule has 8 nitrogen and oxygen atoms in total. The van der Waals surface area contributed by atoms with Crippen LogP contribution in [0.25, 0.3) is 11.0 Å². The van der Waals surface area contributed by atoms with E-state index in [1.54, 1.807) is 12.1 Å². The van der Waals surface area contributed by atoms with Crippen molar-refractivity contribution in [2.45, 2.75) is 38.8 Å². The van der Waals surface area contributed by atoms with E-state index in [2.05, 4.69) is 25.3 Å². The van der Waals surface area contributed by atoms with Crippen LogP contribution in [0.3, 0.4) is 0 Å². The number of aromatic nitrogens is 4. The van der Waals surface area contributed by atoms with Crippen molar-refractivity contribution in [3.05, 3.63) is 64.3 Å². The molecule has 0 bridgehead atoms. The SMILES string of the molecule is Cc1ccc(=O)n(CCN2CCCCC2CNC(=O)c2cnc3ccccc3n2)n1. The first-order valence-corrected chi connectivity index (χ1v) is 10.4. The summed E-state index contributed by atoms with van der Waals surface area (Å²) in [6.45, 7) is 4.65. The number of nitrogens with one attached hydrogen (secondary N) is 1. The first-order chi connectivity index (χ1) is 14.6. The second-order valence-electron chi connectivity index (χ2n) is 7.68. The zero-order valence-electron chi connectivity index (χ0n) is 17.1. The number of amides is 1. The van der Waals surface area contributed by atoms with Gasteiger partial charge in [0.1, 0.15) is 5.69 Å². The lowest BCUT2D eigenvalue weighted by atomic mass is 10.0. The maximum atomic E-state index is 12.6. The number of nitrogens with zero attached hydrogens (tertiary/aromatic N) is 5. The first-order valence-electron chi connectivity index (χ1n) is 10.4. The number of benzene rings is 1. The lowest BCUT2D eigenvalue weighted by Gasteiger charge is -2.35. The molecule has 0 aliphatic carbocycles. The maximum Gasteiger partial charge on any atom is 0.271 e. The summed E-state index contributed by atoms with van der Waals surface area (Å²) in [6, 6.07) is 11.0. The average molecular weight is 406 g/mol. The van der Waals surface area contributed by atoms with Crippen molar-refractivity contribution in [1.82, 2.24) is 30.0 Å². The van der Waals surface area contributed by atoms with Gasteiger partial charge in [0.05, 0.1) is 29.5 Å². The Morgan fingerprint density at radius 2 is 1.97 bits per heavy atom. The van der Waals surface area contributed by atoms with Crippen LogP contribution >= 0.6 is 0 Å². The highest BCUT2D eigenvalue weighted by molar-refractivity contribution is 5.93. The molecule has 8 heteroatoms. The molecule has 1 unspecified atom stereocenters. The summed E-state index contributed by atoms with van der Waals surface area (Å²) in [5, 5.41) is 7.33. The standard InChI is InChI=1S/C22H26N6O2/c1-16-9-10-21(29)28(26-16)13-12-27-11-5-4-6-17(27)14-24-22(30)20-15-23-18-7-2-3-8-19(18)25-20/h2-3,7-10,15,17H,4-6,11-14H2,1H3,(H,24,30). The van der Waals surface area contributed by atoms with Crippen LogP contribution < -0.4 is 10.9 Å². The normalized spacial score (nSPS) is 17.2. The molecular weight excluding hydrogens is 380 g/mol. The molecule has 1 saturated heterocycles. The number of likely N-dealkylation sites (tertiary alicyclic amines) is 1. The van der Waals surface area contributed by atoms with Crippen molar-refractivity contribution in [1.29, 1.82) is 0 Å². The van der Waals surface area contributed by atoms with Gasteiger partial charge in [-0.1, -0.05) is 18.6 Å². The number of aryl methyl sites for hydroxylation is 1. The van der Waals surface area contributed by atoms with Gasteiger partial charge in [0, 0.05) is 25.2 Å². The average Bonchev–Trinajstić information content (AvgIpc) is 2.78. The molecule has 1 atom stereocenters. The van der Waals surface area contributed by atoms with Gasteiger partial charge in [0.15, 0.2) is 0 Å². The first kappa shape index (κ1) is 20.2. The van der Waals surface area contributed by atoms with E-state index in [-0.39, 0.29) is 17.5 Å². The summed E-state index contributed by atoms with van der Waals surface area (Å²) in [6.07, 6.45) is 4.79. The van der Waals surface area contributed by atoms with E-state index in [0.717, 1.165) is 43.6 Å². The van der Waals surface area contributed by atoms with Crippen molar-refractivity contribution in [2.24, 2.45) is 0 Å². The minimum atomic E-state index is -0.213. The molecule has 30 heavy (non-hydrogen) atoms. The number of fused-ring (bicyclic) bond motifs is 1. The molecule has 1 aliphatic rings. The molecule has 1 aliphatic heterocycles. The van der Waals surface area contributed by atoms with Gasteiger partial charge in [-0.25, -0.2) is 9.67 Å². The highest BCUT2D eigenvalue weighted by atomic mass is 16.2. The molecule has 3 aromatic rings. The van der Waals surface area contributed by atoms with E-state index in [0.29, 0.717) is 24.3 Å². The Kier molecular flexibility index (Phi) is 6.13. The quantitative estimate of drug-likeness (QED) is 0.671. The number of para-hydroxylation sites is 2. The van der Waals surface area contributed by atoms with Gasteiger partial charge >= 0.3 is 0 Å². The Labute approximate surface area is 175 Å². The van der Waals surface area contributed by atoms with E-state index < -0.39 is 0 Å². The topological polar surface area (TPSA) is 93.0 Å². The number of rotatable bonds is 6. The predicted octanol–water partition coefficient (Wildman–Crippen LogP) is 1.78. The Hall–Kier alpha value is -3.13. The summed E-state index contributed by atoms with van der Waals surface area (Å²) in [7, 11) is 0. The molecule has 0 saturated carbocycles. The van der Waals surface area contributed by atoms with E-state index in [9.17, 15) is 9.59 Å². The van der Waals surface area contributed by atoms with Crippen LogP contribution in [0.1, 0.15) is 35.4 Å². The largest absolute Gasteiger partial charge is 0.349 e. The lowest BCUT2D eigenvalue weighted by Crippen LogP contribution is -2.48. The fraction of sp³-hybridized carbons (Fsp3) is 0.409. The van der Waals surface area contributed by atoms with Crippen LogP contribution in [0, 0.1) is 6.92 Å². The smallest absolute Gasteiger partial charge is 0.271 e. The third kappa shape index (κ3) is 4.71. The van der Waals surface area contributed by atoms with Crippen molar-refractivity contribution in [3.63, 3.8) is 0 Å². The van der Waals surface area contributed by atoms with Crippen LogP contribution in [-0.2, 0) is 6.54 Å². The Morgan fingerprint density at radius 1 is 1.13 bits per heavy atom. The Balaban J connectivity index is 1.37. The van der Waals surface area contributed by atoms with Crippen molar-refractivity contribution < 1.29 is 4.79 Å². The molecule has 1 amide bonds. The van der Waals surface area contributed by atoms with E-state index in [4.69, 9.17) is 0 Å². The van der Waals surface area contributed by atoms with Gasteiger partial charge < -0.3 is 5.32 Å². The molecule has 3 heterocycles. The molecule has 0 spiro atoms. The summed E-state index contributed by atoms with van der Waals surface area (Å²) >= 11 is 0. The molecule has 1 aromatic carbocycles. The predicted molar refractivity (Wildman–Crippen MR) is 114 cm³/mol. The fourth-order valence-corrected chi connectivity index (χ4v) is 3.89. The van der Waals surface area contributed by atoms with Crippen LogP contribution in [0.5, 0.6) is 0 Å². The Bertz CT molecular complexity index is 1100. The second-order valence-corrected chi connectivity index (χ2v) is 7.68. The third-order valence-electron chi connectivity index (χ3n) is 5.53. The summed E-state index contributed by atoms with van der Waals surface area (Å²) in [5.74, 6) is -0.213. The van der Waals surface area contributed by atoms with Crippen molar-refractivity contribution in [3.8, 4) is 0 Å².